The molecule has 0 amide bonds. The van der Waals surface area contributed by atoms with Gasteiger partial charge >= 0.3 is 0 Å². The summed E-state index contributed by atoms with van der Waals surface area (Å²) in [5, 5.41) is 34.4. The minimum Gasteiger partial charge on any atom is -0.409 e. The van der Waals surface area contributed by atoms with Gasteiger partial charge in [-0.2, -0.15) is 0 Å². The molecular formula is C28H50O6Si. The molecule has 2 bridgehead atoms. The van der Waals surface area contributed by atoms with E-state index in [1.165, 1.54) is 0 Å². The Kier molecular flexibility index (Phi) is 7.74. The average molecular weight is 511 g/mol. The van der Waals surface area contributed by atoms with Gasteiger partial charge in [0.1, 0.15) is 23.9 Å². The summed E-state index contributed by atoms with van der Waals surface area (Å²) in [6.07, 6.45) is -2.26. The van der Waals surface area contributed by atoms with E-state index in [4.69, 9.17) is 13.9 Å². The summed E-state index contributed by atoms with van der Waals surface area (Å²) >= 11 is 0. The van der Waals surface area contributed by atoms with E-state index in [-0.39, 0.29) is 19.1 Å². The minimum absolute atomic E-state index is 0.260. The minimum atomic E-state index is -2.30. The lowest BCUT2D eigenvalue weighted by molar-refractivity contribution is -0.161. The molecular weight excluding hydrogens is 460 g/mol. The number of rotatable bonds is 6. The fraction of sp³-hybridized carbons (Fsp3) is 0.857. The van der Waals surface area contributed by atoms with Crippen molar-refractivity contribution in [1.29, 1.82) is 0 Å². The molecule has 35 heavy (non-hydrogen) atoms. The van der Waals surface area contributed by atoms with Crippen LogP contribution in [-0.4, -0.2) is 66.0 Å². The van der Waals surface area contributed by atoms with Crippen molar-refractivity contribution in [3.05, 3.63) is 22.3 Å². The molecule has 3 rings (SSSR count). The Balaban J connectivity index is 2.30. The smallest absolute Gasteiger partial charge is 0.201 e. The van der Waals surface area contributed by atoms with Gasteiger partial charge in [-0.05, 0) is 66.6 Å². The van der Waals surface area contributed by atoms with E-state index in [0.29, 0.717) is 22.2 Å². The number of hydrogen-bond acceptors (Lipinski definition) is 6. The van der Waals surface area contributed by atoms with Crippen molar-refractivity contribution in [1.82, 2.24) is 0 Å². The topological polar surface area (TPSA) is 88.4 Å². The second kappa shape index (κ2) is 9.33. The summed E-state index contributed by atoms with van der Waals surface area (Å²) in [5.41, 5.74) is 1.93. The standard InChI is InChI=1S/C28H50O6Si/c1-15(2)35(16(3)4,17(5)6)34-21-13-28(31)25(30)20(14-29)18(7)23-24(33-27(11,12)32-23)22(19(21)8)26(28,9)10/h15-17,21,23-25,29-31H,13-14H2,1-12H3/b20-18-/t21-,23-,24-,25-,28+/m0/s1. The summed E-state index contributed by atoms with van der Waals surface area (Å²) in [6, 6.07) is 0. The maximum absolute atomic E-state index is 12.4. The molecule has 1 fully saturated rings. The number of hydrogen-bond donors (Lipinski definition) is 3. The van der Waals surface area contributed by atoms with Crippen molar-refractivity contribution in [2.45, 2.75) is 142 Å². The van der Waals surface area contributed by atoms with Gasteiger partial charge in [-0.25, -0.2) is 0 Å². The van der Waals surface area contributed by atoms with E-state index in [2.05, 4.69) is 48.5 Å². The van der Waals surface area contributed by atoms with Crippen molar-refractivity contribution in [3.8, 4) is 0 Å². The van der Waals surface area contributed by atoms with Crippen molar-refractivity contribution >= 4 is 8.32 Å². The Hall–Kier alpha value is -0.543. The van der Waals surface area contributed by atoms with Crippen molar-refractivity contribution in [3.63, 3.8) is 0 Å². The first-order valence-corrected chi connectivity index (χ1v) is 15.5. The van der Waals surface area contributed by atoms with E-state index < -0.39 is 43.4 Å². The molecule has 3 N–H and O–H groups in total. The van der Waals surface area contributed by atoms with Gasteiger partial charge in [0.25, 0.3) is 0 Å². The molecule has 0 unspecified atom stereocenters. The SMILES string of the molecule is CC1=C2[C@@H]3OC(C)(C)O[C@H]3/C(C)=C(/CO)[C@H](O)[C@](O)(C[C@@H]1O[Si](C(C)C)(C(C)C)C(C)C)C2(C)C. The van der Waals surface area contributed by atoms with Crippen LogP contribution in [0.5, 0.6) is 0 Å². The van der Waals surface area contributed by atoms with Gasteiger partial charge in [0.05, 0.1) is 12.7 Å². The van der Waals surface area contributed by atoms with Gasteiger partial charge in [-0.15, -0.1) is 0 Å². The zero-order valence-corrected chi connectivity index (χ0v) is 25.0. The van der Waals surface area contributed by atoms with Crippen LogP contribution in [0, 0.1) is 5.41 Å². The molecule has 3 aliphatic rings. The maximum Gasteiger partial charge on any atom is 0.201 e. The molecule has 202 valence electrons. The zero-order valence-electron chi connectivity index (χ0n) is 24.0. The van der Waals surface area contributed by atoms with Crippen molar-refractivity contribution in [2.75, 3.05) is 6.61 Å². The lowest BCUT2D eigenvalue weighted by Gasteiger charge is -2.57. The van der Waals surface area contributed by atoms with E-state index in [1.54, 1.807) is 0 Å². The van der Waals surface area contributed by atoms with E-state index in [1.807, 2.05) is 34.6 Å². The number of aliphatic hydroxyl groups excluding tert-OH is 2. The average Bonchev–Trinajstić information content (AvgIpc) is 3.03. The predicted octanol–water partition coefficient (Wildman–Crippen LogP) is 5.23. The highest BCUT2D eigenvalue weighted by molar-refractivity contribution is 6.77. The van der Waals surface area contributed by atoms with Crippen LogP contribution in [0.25, 0.3) is 0 Å². The highest BCUT2D eigenvalue weighted by Gasteiger charge is 2.63. The van der Waals surface area contributed by atoms with Gasteiger partial charge in [0.15, 0.2) is 5.79 Å². The molecule has 0 aromatic carbocycles. The van der Waals surface area contributed by atoms with Crippen LogP contribution in [0.4, 0.5) is 0 Å². The summed E-state index contributed by atoms with van der Waals surface area (Å²) in [4.78, 5) is 0. The van der Waals surface area contributed by atoms with Crippen LogP contribution in [0.3, 0.4) is 0 Å². The third-order valence-corrected chi connectivity index (χ3v) is 15.6. The van der Waals surface area contributed by atoms with Crippen molar-refractivity contribution < 1.29 is 29.2 Å². The molecule has 0 aromatic rings. The molecule has 2 aliphatic carbocycles. The van der Waals surface area contributed by atoms with Crippen LogP contribution in [0.2, 0.25) is 16.6 Å². The molecule has 0 saturated carbocycles. The molecule has 7 heteroatoms. The molecule has 1 aliphatic heterocycles. The largest absolute Gasteiger partial charge is 0.409 e. The van der Waals surface area contributed by atoms with E-state index in [9.17, 15) is 15.3 Å². The van der Waals surface area contributed by atoms with Crippen LogP contribution < -0.4 is 0 Å². The summed E-state index contributed by atoms with van der Waals surface area (Å²) in [5.74, 6) is -0.839. The molecule has 5 atom stereocenters. The van der Waals surface area contributed by atoms with E-state index >= 15 is 0 Å². The number of aliphatic hydroxyl groups is 3. The second-order valence-corrected chi connectivity index (χ2v) is 18.4. The van der Waals surface area contributed by atoms with Crippen LogP contribution in [0.15, 0.2) is 22.3 Å². The van der Waals surface area contributed by atoms with Gasteiger partial charge in [-0.3, -0.25) is 0 Å². The molecule has 0 aromatic heterocycles. The first kappa shape index (κ1) is 29.0. The Morgan fingerprint density at radius 1 is 0.914 bits per heavy atom. The Morgan fingerprint density at radius 3 is 1.86 bits per heavy atom. The quantitative estimate of drug-likeness (QED) is 0.335. The zero-order chi connectivity index (χ0) is 26.9. The van der Waals surface area contributed by atoms with Crippen molar-refractivity contribution in [2.24, 2.45) is 5.41 Å². The second-order valence-electron chi connectivity index (χ2n) is 13.0. The van der Waals surface area contributed by atoms with Gasteiger partial charge < -0.3 is 29.2 Å². The third-order valence-electron chi connectivity index (χ3n) is 9.48. The number of ether oxygens (including phenoxy) is 2. The highest BCUT2D eigenvalue weighted by atomic mass is 28.4. The van der Waals surface area contributed by atoms with Gasteiger partial charge in [0, 0.05) is 11.8 Å². The maximum atomic E-state index is 12.4. The molecule has 1 heterocycles. The Morgan fingerprint density at radius 2 is 1.40 bits per heavy atom. The third kappa shape index (κ3) is 4.23. The molecule has 6 nitrogen and oxygen atoms in total. The highest BCUT2D eigenvalue weighted by Crippen LogP contribution is 2.58. The summed E-state index contributed by atoms with van der Waals surface area (Å²) in [6.45, 7) is 24.9. The lowest BCUT2D eigenvalue weighted by Crippen LogP contribution is -2.64. The first-order chi connectivity index (χ1) is 15.9. The fourth-order valence-electron chi connectivity index (χ4n) is 7.60. The molecule has 1 saturated heterocycles. The van der Waals surface area contributed by atoms with Gasteiger partial charge in [0.2, 0.25) is 8.32 Å². The predicted molar refractivity (Wildman–Crippen MR) is 142 cm³/mol. The first-order valence-electron chi connectivity index (χ1n) is 13.3. The monoisotopic (exact) mass is 510 g/mol. The normalized spacial score (nSPS) is 37.2. The van der Waals surface area contributed by atoms with Gasteiger partial charge in [-0.1, -0.05) is 55.4 Å². The fourth-order valence-corrected chi connectivity index (χ4v) is 13.2. The summed E-state index contributed by atoms with van der Waals surface area (Å²) < 4.78 is 20.1. The number of fused-ring (bicyclic) bond motifs is 4. The van der Waals surface area contributed by atoms with Crippen LogP contribution in [-0.2, 0) is 13.9 Å². The van der Waals surface area contributed by atoms with Crippen LogP contribution >= 0.6 is 0 Å². The Bertz CT molecular complexity index is 864. The van der Waals surface area contributed by atoms with Crippen LogP contribution in [0.1, 0.15) is 89.5 Å². The van der Waals surface area contributed by atoms with E-state index in [0.717, 1.165) is 16.7 Å². The molecule has 0 radical (unpaired) electrons. The summed E-state index contributed by atoms with van der Waals surface area (Å²) in [7, 11) is -2.30. The Labute approximate surface area is 213 Å². The molecule has 0 spiro atoms. The lowest BCUT2D eigenvalue weighted by atomic mass is 9.55.